The highest BCUT2D eigenvalue weighted by molar-refractivity contribution is 5.93. The van der Waals surface area contributed by atoms with Crippen molar-refractivity contribution in [1.29, 1.82) is 0 Å². The standard InChI is InChI=1S/C31H36N8O/c1-4-6-9-17-32-31(40)33-24-18-21(3)29-27(19-24)39(28(34-29)10-5-2)20-22-13-15-23(16-14-22)25-11-7-8-12-26(25)30-35-37-38-36-30/h7-8,11-16,18-19H,4-6,9-10,17,20H2,1-3H3,(H2,32,33,40)(H,35,36,37,38). The SMILES string of the molecule is CCCCCNC(=O)Nc1cc(C)c2nc(CCC)n(Cc3ccc(-c4ccccc4-c4nn[nH]n4)cc3)c2c1. The van der Waals surface area contributed by atoms with E-state index in [1.165, 1.54) is 5.56 Å². The first-order chi connectivity index (χ1) is 19.6. The van der Waals surface area contributed by atoms with Gasteiger partial charge in [0.25, 0.3) is 0 Å². The van der Waals surface area contributed by atoms with Gasteiger partial charge in [-0.25, -0.2) is 9.78 Å². The maximum atomic E-state index is 12.5. The van der Waals surface area contributed by atoms with Crippen LogP contribution >= 0.6 is 0 Å². The number of hydrogen-bond acceptors (Lipinski definition) is 5. The number of aromatic amines is 1. The summed E-state index contributed by atoms with van der Waals surface area (Å²) in [6.45, 7) is 7.73. The van der Waals surface area contributed by atoms with Gasteiger partial charge >= 0.3 is 6.03 Å². The van der Waals surface area contributed by atoms with Gasteiger partial charge in [0, 0.05) is 30.8 Å². The maximum Gasteiger partial charge on any atom is 0.319 e. The van der Waals surface area contributed by atoms with Crippen LogP contribution < -0.4 is 10.6 Å². The van der Waals surface area contributed by atoms with Gasteiger partial charge in [0.05, 0.1) is 11.0 Å². The largest absolute Gasteiger partial charge is 0.338 e. The Bertz CT molecular complexity index is 1570. The lowest BCUT2D eigenvalue weighted by Gasteiger charge is -2.13. The van der Waals surface area contributed by atoms with Crippen molar-refractivity contribution in [2.24, 2.45) is 0 Å². The van der Waals surface area contributed by atoms with Gasteiger partial charge in [0.1, 0.15) is 5.82 Å². The second-order valence-electron chi connectivity index (χ2n) is 10.1. The zero-order valence-electron chi connectivity index (χ0n) is 23.4. The van der Waals surface area contributed by atoms with E-state index in [0.717, 1.165) is 76.9 Å². The third-order valence-corrected chi connectivity index (χ3v) is 7.04. The van der Waals surface area contributed by atoms with Gasteiger partial charge in [0.15, 0.2) is 0 Å². The molecule has 0 aliphatic rings. The first-order valence-corrected chi connectivity index (χ1v) is 14.0. The second kappa shape index (κ2) is 12.5. The Morgan fingerprint density at radius 2 is 1.77 bits per heavy atom. The molecule has 40 heavy (non-hydrogen) atoms. The zero-order chi connectivity index (χ0) is 27.9. The molecule has 3 N–H and O–H groups in total. The smallest absolute Gasteiger partial charge is 0.319 e. The van der Waals surface area contributed by atoms with Crippen molar-refractivity contribution < 1.29 is 4.79 Å². The van der Waals surface area contributed by atoms with Crippen LogP contribution in [0.15, 0.2) is 60.7 Å². The second-order valence-corrected chi connectivity index (χ2v) is 10.1. The fourth-order valence-electron chi connectivity index (χ4n) is 5.03. The number of aromatic nitrogens is 6. The number of unbranched alkanes of at least 4 members (excludes halogenated alkanes) is 2. The molecule has 5 aromatic rings. The van der Waals surface area contributed by atoms with E-state index in [2.05, 4.69) is 86.9 Å². The number of aryl methyl sites for hydroxylation is 2. The molecule has 0 atom stereocenters. The minimum absolute atomic E-state index is 0.175. The van der Waals surface area contributed by atoms with E-state index in [4.69, 9.17) is 4.98 Å². The Kier molecular flexibility index (Phi) is 8.49. The number of rotatable bonds is 11. The number of fused-ring (bicyclic) bond motifs is 1. The predicted molar refractivity (Wildman–Crippen MR) is 159 cm³/mol. The fraction of sp³-hybridized carbons (Fsp3) is 0.323. The van der Waals surface area contributed by atoms with E-state index in [1.54, 1.807) is 0 Å². The topological polar surface area (TPSA) is 113 Å². The van der Waals surface area contributed by atoms with Crippen LogP contribution in [0.4, 0.5) is 10.5 Å². The van der Waals surface area contributed by atoms with Gasteiger partial charge in [-0.15, -0.1) is 10.2 Å². The third-order valence-electron chi connectivity index (χ3n) is 7.04. The van der Waals surface area contributed by atoms with Crippen molar-refractivity contribution in [2.45, 2.75) is 59.4 Å². The third kappa shape index (κ3) is 6.03. The van der Waals surface area contributed by atoms with Gasteiger partial charge in [-0.3, -0.25) is 0 Å². The quantitative estimate of drug-likeness (QED) is 0.167. The van der Waals surface area contributed by atoms with Crippen LogP contribution in [-0.2, 0) is 13.0 Å². The number of carbonyl (C=O) groups is 1. The van der Waals surface area contributed by atoms with Crippen molar-refractivity contribution in [3.8, 4) is 22.5 Å². The summed E-state index contributed by atoms with van der Waals surface area (Å²) in [7, 11) is 0. The van der Waals surface area contributed by atoms with Crippen LogP contribution in [0.3, 0.4) is 0 Å². The van der Waals surface area contributed by atoms with Crippen LogP contribution in [0.2, 0.25) is 0 Å². The van der Waals surface area contributed by atoms with Gasteiger partial charge in [-0.2, -0.15) is 5.21 Å². The van der Waals surface area contributed by atoms with Gasteiger partial charge in [-0.05, 0) is 59.4 Å². The molecule has 2 amide bonds. The molecule has 5 rings (SSSR count). The lowest BCUT2D eigenvalue weighted by molar-refractivity contribution is 0.252. The Morgan fingerprint density at radius 1 is 0.975 bits per heavy atom. The van der Waals surface area contributed by atoms with Crippen LogP contribution in [0, 0.1) is 6.92 Å². The molecular weight excluding hydrogens is 500 g/mol. The molecule has 9 nitrogen and oxygen atoms in total. The molecule has 0 spiro atoms. The summed E-state index contributed by atoms with van der Waals surface area (Å²) < 4.78 is 2.28. The number of anilines is 1. The van der Waals surface area contributed by atoms with E-state index in [-0.39, 0.29) is 6.03 Å². The van der Waals surface area contributed by atoms with Crippen LogP contribution in [0.5, 0.6) is 0 Å². The van der Waals surface area contributed by atoms with Crippen LogP contribution in [-0.4, -0.2) is 42.8 Å². The first kappa shape index (κ1) is 27.1. The molecule has 0 radical (unpaired) electrons. The summed E-state index contributed by atoms with van der Waals surface area (Å²) in [6.07, 6.45) is 5.09. The highest BCUT2D eigenvalue weighted by Gasteiger charge is 2.16. The van der Waals surface area contributed by atoms with E-state index in [9.17, 15) is 4.79 Å². The predicted octanol–water partition coefficient (Wildman–Crippen LogP) is 6.50. The number of benzene rings is 3. The average molecular weight is 537 g/mol. The summed E-state index contributed by atoms with van der Waals surface area (Å²) in [5.41, 5.74) is 8.05. The van der Waals surface area contributed by atoms with Gasteiger partial charge < -0.3 is 15.2 Å². The molecule has 0 saturated heterocycles. The molecule has 3 aromatic carbocycles. The number of tetrazole rings is 1. The monoisotopic (exact) mass is 536 g/mol. The molecule has 9 heteroatoms. The fourth-order valence-corrected chi connectivity index (χ4v) is 5.03. The number of nitrogens with zero attached hydrogens (tertiary/aromatic N) is 5. The molecule has 2 heterocycles. The highest BCUT2D eigenvalue weighted by atomic mass is 16.2. The van der Waals surface area contributed by atoms with Crippen LogP contribution in [0.1, 0.15) is 56.5 Å². The maximum absolute atomic E-state index is 12.5. The summed E-state index contributed by atoms with van der Waals surface area (Å²) >= 11 is 0. The number of H-pyrrole nitrogens is 1. The molecule has 0 aliphatic heterocycles. The molecule has 0 unspecified atom stereocenters. The minimum atomic E-state index is -0.175. The summed E-state index contributed by atoms with van der Waals surface area (Å²) in [6, 6.07) is 20.5. The number of hydrogen-bond donors (Lipinski definition) is 3. The summed E-state index contributed by atoms with van der Waals surface area (Å²) in [5, 5.41) is 20.6. The number of urea groups is 1. The molecule has 0 fully saturated rings. The Balaban J connectivity index is 1.41. The number of imidazole rings is 1. The minimum Gasteiger partial charge on any atom is -0.338 e. The van der Waals surface area contributed by atoms with Crippen molar-refractivity contribution in [3.05, 3.63) is 77.6 Å². The number of nitrogens with one attached hydrogen (secondary N) is 3. The molecule has 0 bridgehead atoms. The molecular formula is C31H36N8O. The zero-order valence-corrected chi connectivity index (χ0v) is 23.4. The Labute approximate surface area is 234 Å². The summed E-state index contributed by atoms with van der Waals surface area (Å²) in [4.78, 5) is 17.5. The van der Waals surface area contributed by atoms with Crippen molar-refractivity contribution in [1.82, 2.24) is 35.5 Å². The number of amides is 2. The van der Waals surface area contributed by atoms with Gasteiger partial charge in [0.2, 0.25) is 5.82 Å². The summed E-state index contributed by atoms with van der Waals surface area (Å²) in [5.74, 6) is 1.62. The van der Waals surface area contributed by atoms with E-state index >= 15 is 0 Å². The lowest BCUT2D eigenvalue weighted by atomic mass is 9.98. The molecule has 0 aliphatic carbocycles. The Morgan fingerprint density at radius 3 is 2.50 bits per heavy atom. The highest BCUT2D eigenvalue weighted by Crippen LogP contribution is 2.31. The van der Waals surface area contributed by atoms with E-state index in [1.807, 2.05) is 30.3 Å². The van der Waals surface area contributed by atoms with Crippen LogP contribution in [0.25, 0.3) is 33.5 Å². The van der Waals surface area contributed by atoms with Crippen molar-refractivity contribution >= 4 is 22.8 Å². The number of carbonyl (C=O) groups excluding carboxylic acids is 1. The molecule has 206 valence electrons. The Hall–Kier alpha value is -4.53. The van der Waals surface area contributed by atoms with Crippen molar-refractivity contribution in [2.75, 3.05) is 11.9 Å². The van der Waals surface area contributed by atoms with Gasteiger partial charge in [-0.1, -0.05) is 75.2 Å². The van der Waals surface area contributed by atoms with Crippen molar-refractivity contribution in [3.63, 3.8) is 0 Å². The first-order valence-electron chi connectivity index (χ1n) is 14.0. The lowest BCUT2D eigenvalue weighted by Crippen LogP contribution is -2.29. The van der Waals surface area contributed by atoms with E-state index in [0.29, 0.717) is 18.9 Å². The average Bonchev–Trinajstić information content (AvgIpc) is 3.61. The van der Waals surface area contributed by atoms with E-state index < -0.39 is 0 Å². The molecule has 0 saturated carbocycles. The molecule has 2 aromatic heterocycles. The normalized spacial score (nSPS) is 11.2.